The minimum atomic E-state index is -0.758. The summed E-state index contributed by atoms with van der Waals surface area (Å²) in [5, 5.41) is 6.57. The fraction of sp³-hybridized carbons (Fsp3) is 0.469. The van der Waals surface area contributed by atoms with E-state index in [2.05, 4.69) is 22.3 Å². The maximum Gasteiger partial charge on any atom is 0.221 e. The number of nitrogens with one attached hydrogen (secondary N) is 1. The first-order chi connectivity index (χ1) is 19.3. The van der Waals surface area contributed by atoms with E-state index in [1.54, 1.807) is 6.07 Å². The molecule has 1 aliphatic heterocycles. The molecule has 0 radical (unpaired) electrons. The van der Waals surface area contributed by atoms with Crippen molar-refractivity contribution in [3.63, 3.8) is 0 Å². The zero-order chi connectivity index (χ0) is 29.8. The van der Waals surface area contributed by atoms with E-state index in [9.17, 15) is 22.8 Å². The van der Waals surface area contributed by atoms with E-state index in [4.69, 9.17) is 4.52 Å². The second kappa shape index (κ2) is 12.6. The summed E-state index contributed by atoms with van der Waals surface area (Å²) in [6.07, 6.45) is 7.23. The van der Waals surface area contributed by atoms with Crippen molar-refractivity contribution in [1.82, 2.24) is 15.4 Å². The summed E-state index contributed by atoms with van der Waals surface area (Å²) < 4.78 is 44.3. The zero-order valence-corrected chi connectivity index (χ0v) is 24.1. The van der Waals surface area contributed by atoms with Gasteiger partial charge in [-0.2, -0.15) is 0 Å². The van der Waals surface area contributed by atoms with E-state index in [0.717, 1.165) is 36.8 Å². The molecule has 1 saturated carbocycles. The van der Waals surface area contributed by atoms with Crippen LogP contribution >= 0.6 is 0 Å². The number of nitrogens with zero attached hydrogens (tertiary/aromatic N) is 2. The van der Waals surface area contributed by atoms with Crippen LogP contribution in [0.4, 0.5) is 13.2 Å². The number of amides is 1. The molecular formula is C32H38F3N3O3. The maximum atomic E-state index is 13.5. The van der Waals surface area contributed by atoms with E-state index in [-0.39, 0.29) is 39.9 Å². The van der Waals surface area contributed by atoms with Crippen LogP contribution in [-0.4, -0.2) is 40.9 Å². The van der Waals surface area contributed by atoms with Gasteiger partial charge in [0.1, 0.15) is 23.1 Å². The molecule has 2 aliphatic rings. The Bertz CT molecular complexity index is 1380. The Labute approximate surface area is 239 Å². The summed E-state index contributed by atoms with van der Waals surface area (Å²) in [6, 6.07) is 11.6. The topological polar surface area (TPSA) is 75.4 Å². The molecule has 1 aromatic heterocycles. The van der Waals surface area contributed by atoms with Gasteiger partial charge in [-0.05, 0) is 56.5 Å². The molecule has 1 aliphatic carbocycles. The monoisotopic (exact) mass is 569 g/mol. The normalized spacial score (nSPS) is 17.2. The Morgan fingerprint density at radius 3 is 2.32 bits per heavy atom. The third kappa shape index (κ3) is 7.85. The van der Waals surface area contributed by atoms with Crippen LogP contribution in [0.3, 0.4) is 0 Å². The molecule has 6 nitrogen and oxygen atoms in total. The van der Waals surface area contributed by atoms with Gasteiger partial charge in [-0.15, -0.1) is 0 Å². The molecule has 2 fully saturated rings. The average Bonchev–Trinajstić information content (AvgIpc) is 3.38. The van der Waals surface area contributed by atoms with Crippen molar-refractivity contribution in [2.45, 2.75) is 77.8 Å². The number of hydrogen-bond donors (Lipinski definition) is 1. The van der Waals surface area contributed by atoms with E-state index >= 15 is 0 Å². The highest BCUT2D eigenvalue weighted by Gasteiger charge is 2.43. The Balaban J connectivity index is 0.000000208. The van der Waals surface area contributed by atoms with E-state index in [1.807, 2.05) is 19.9 Å². The van der Waals surface area contributed by atoms with Crippen molar-refractivity contribution in [2.24, 2.45) is 5.41 Å². The van der Waals surface area contributed by atoms with Crippen LogP contribution in [-0.2, 0) is 10.3 Å². The Hall–Kier alpha value is -3.46. The van der Waals surface area contributed by atoms with Gasteiger partial charge in [-0.1, -0.05) is 43.5 Å². The summed E-state index contributed by atoms with van der Waals surface area (Å²) in [5.41, 5.74) is 0.477. The first-order valence-corrected chi connectivity index (χ1v) is 14.1. The molecule has 3 aromatic rings. The molecule has 0 unspecified atom stereocenters. The average molecular weight is 570 g/mol. The van der Waals surface area contributed by atoms with E-state index in [0.29, 0.717) is 6.42 Å². The van der Waals surface area contributed by atoms with Crippen LogP contribution in [0.5, 0.6) is 0 Å². The number of benzene rings is 2. The van der Waals surface area contributed by atoms with Crippen molar-refractivity contribution in [2.75, 3.05) is 13.1 Å². The zero-order valence-electron chi connectivity index (χ0n) is 24.1. The van der Waals surface area contributed by atoms with Crippen molar-refractivity contribution < 1.29 is 27.3 Å². The number of Topliss-reactive ketones (excluding diaryl/α,β-unsaturated/α-hetero) is 1. The Morgan fingerprint density at radius 1 is 1.02 bits per heavy atom. The molecule has 2 heterocycles. The molecule has 220 valence electrons. The minimum Gasteiger partial charge on any atom is -0.355 e. The number of carbonyl (C=O) groups excluding carboxylic acids is 2. The first kappa shape index (κ1) is 30.5. The quantitative estimate of drug-likeness (QED) is 0.309. The van der Waals surface area contributed by atoms with Crippen molar-refractivity contribution in [1.29, 1.82) is 0 Å². The van der Waals surface area contributed by atoms with Gasteiger partial charge in [0.15, 0.2) is 11.5 Å². The minimum absolute atomic E-state index is 0.0556. The van der Waals surface area contributed by atoms with E-state index in [1.165, 1.54) is 63.3 Å². The molecule has 1 saturated heterocycles. The highest BCUT2D eigenvalue weighted by molar-refractivity contribution is 5.92. The molecule has 1 amide bonds. The van der Waals surface area contributed by atoms with Gasteiger partial charge in [0, 0.05) is 50.0 Å². The van der Waals surface area contributed by atoms with Gasteiger partial charge in [0.2, 0.25) is 5.91 Å². The first-order valence-electron chi connectivity index (χ1n) is 14.1. The fourth-order valence-corrected chi connectivity index (χ4v) is 5.74. The third-order valence-corrected chi connectivity index (χ3v) is 7.91. The van der Waals surface area contributed by atoms with Crippen LogP contribution < -0.4 is 5.32 Å². The van der Waals surface area contributed by atoms with Crippen LogP contribution in [0, 0.1) is 22.9 Å². The second-order valence-corrected chi connectivity index (χ2v) is 12.1. The molecule has 9 heteroatoms. The predicted molar refractivity (Wildman–Crippen MR) is 151 cm³/mol. The lowest BCUT2D eigenvalue weighted by molar-refractivity contribution is -0.129. The third-order valence-electron chi connectivity index (χ3n) is 7.91. The van der Waals surface area contributed by atoms with Crippen molar-refractivity contribution in [3.8, 4) is 11.3 Å². The number of ketones is 1. The molecule has 0 spiro atoms. The van der Waals surface area contributed by atoms with Gasteiger partial charge < -0.3 is 9.84 Å². The molecule has 41 heavy (non-hydrogen) atoms. The highest BCUT2D eigenvalue weighted by Crippen LogP contribution is 2.38. The number of carbonyl (C=O) groups is 2. The maximum absolute atomic E-state index is 13.5. The van der Waals surface area contributed by atoms with Crippen LogP contribution in [0.2, 0.25) is 0 Å². The number of likely N-dealkylation sites (tertiary alicyclic amines) is 1. The Morgan fingerprint density at radius 2 is 1.71 bits per heavy atom. The molecular weight excluding hydrogens is 531 g/mol. The van der Waals surface area contributed by atoms with Gasteiger partial charge in [0.05, 0.1) is 11.1 Å². The van der Waals surface area contributed by atoms with Gasteiger partial charge in [-0.3, -0.25) is 14.5 Å². The lowest BCUT2D eigenvalue weighted by Crippen LogP contribution is -2.60. The summed E-state index contributed by atoms with van der Waals surface area (Å²) in [6.45, 7) is 9.43. The molecule has 5 rings (SSSR count). The predicted octanol–water partition coefficient (Wildman–Crippen LogP) is 7.04. The number of halogens is 3. The number of rotatable bonds is 7. The summed E-state index contributed by atoms with van der Waals surface area (Å²) in [5.74, 6) is -1.83. The molecule has 2 aromatic carbocycles. The molecule has 0 bridgehead atoms. The van der Waals surface area contributed by atoms with Crippen LogP contribution in [0.1, 0.15) is 82.3 Å². The smallest absolute Gasteiger partial charge is 0.221 e. The van der Waals surface area contributed by atoms with Crippen LogP contribution in [0.25, 0.3) is 11.3 Å². The van der Waals surface area contributed by atoms with Gasteiger partial charge >= 0.3 is 0 Å². The lowest BCUT2D eigenvalue weighted by Gasteiger charge is -2.52. The second-order valence-electron chi connectivity index (χ2n) is 12.1. The Kier molecular flexibility index (Phi) is 9.37. The summed E-state index contributed by atoms with van der Waals surface area (Å²) >= 11 is 0. The van der Waals surface area contributed by atoms with E-state index < -0.39 is 17.2 Å². The SMILES string of the molecule is CC(=O)c1cc(-c2ccc(F)cc2F)on1.CC1(CC(=O)NC(C)(C)c2cccc(F)c2)CN(C2CCCCC2)C1. The molecule has 1 N–H and O–H groups in total. The number of hydrogen-bond acceptors (Lipinski definition) is 5. The molecule has 0 atom stereocenters. The van der Waals surface area contributed by atoms with Crippen molar-refractivity contribution >= 4 is 11.7 Å². The lowest BCUT2D eigenvalue weighted by atomic mass is 9.76. The van der Waals surface area contributed by atoms with Crippen LogP contribution in [0.15, 0.2) is 53.1 Å². The van der Waals surface area contributed by atoms with Gasteiger partial charge in [-0.25, -0.2) is 13.2 Å². The highest BCUT2D eigenvalue weighted by atomic mass is 19.1. The standard InChI is InChI=1S/C21H31FN2O.C11H7F2NO2/c1-20(2,16-8-7-9-17(22)12-16)23-19(25)13-21(3)14-24(15-21)18-10-5-4-6-11-18;1-6(15)10-5-11(16-14-10)8-3-2-7(12)4-9(8)13/h7-9,12,18H,4-6,10-11,13-15H2,1-3H3,(H,23,25);2-5H,1H3. The summed E-state index contributed by atoms with van der Waals surface area (Å²) in [7, 11) is 0. The summed E-state index contributed by atoms with van der Waals surface area (Å²) in [4.78, 5) is 26.1. The number of aromatic nitrogens is 1. The van der Waals surface area contributed by atoms with Gasteiger partial charge in [0.25, 0.3) is 0 Å². The van der Waals surface area contributed by atoms with Crippen molar-refractivity contribution in [3.05, 3.63) is 77.2 Å². The fourth-order valence-electron chi connectivity index (χ4n) is 5.74. The largest absolute Gasteiger partial charge is 0.355 e.